The summed E-state index contributed by atoms with van der Waals surface area (Å²) in [7, 11) is 2.13. The van der Waals surface area contributed by atoms with E-state index in [0.29, 0.717) is 11.8 Å². The van der Waals surface area contributed by atoms with E-state index in [1.807, 2.05) is 12.3 Å². The van der Waals surface area contributed by atoms with Gasteiger partial charge in [-0.3, -0.25) is 4.98 Å². The number of aliphatic hydroxyl groups is 1. The third-order valence-electron chi connectivity index (χ3n) is 7.08. The van der Waals surface area contributed by atoms with Gasteiger partial charge in [-0.1, -0.05) is 57.9 Å². The molecule has 1 N–H and O–H groups in total. The summed E-state index contributed by atoms with van der Waals surface area (Å²) in [6, 6.07) is 12.8. The summed E-state index contributed by atoms with van der Waals surface area (Å²) in [5.41, 5.74) is 3.24. The molecule has 0 unspecified atom stereocenters. The summed E-state index contributed by atoms with van der Waals surface area (Å²) in [5, 5.41) is 12.3. The van der Waals surface area contributed by atoms with Crippen LogP contribution < -0.4 is 0 Å². The molecule has 4 rings (SSSR count). The highest BCUT2D eigenvalue weighted by Gasteiger charge is 2.55. The fraction of sp³-hybridized carbons (Fsp3) is 0.560. The summed E-state index contributed by atoms with van der Waals surface area (Å²) in [5.74, 6) is 1.03. The molecule has 1 atom stereocenters. The maximum atomic E-state index is 12.3. The van der Waals surface area contributed by atoms with Crippen LogP contribution in [0, 0.1) is 5.41 Å². The molecular weight excluding hydrogens is 344 g/mol. The SMILES string of the molecule is CC(C)c1ccc([C@](O)(c2ccnc(C3CCCC3)c2)C2(C)CN(C)C2)cc1. The Hall–Kier alpha value is -1.71. The smallest absolute Gasteiger partial charge is 0.122 e. The zero-order chi connectivity index (χ0) is 19.9. The fourth-order valence-corrected chi connectivity index (χ4v) is 5.47. The minimum absolute atomic E-state index is 0.213. The Balaban J connectivity index is 1.79. The van der Waals surface area contributed by atoms with Crippen LogP contribution in [-0.4, -0.2) is 35.1 Å². The van der Waals surface area contributed by atoms with Crippen LogP contribution in [0.25, 0.3) is 0 Å². The van der Waals surface area contributed by atoms with E-state index >= 15 is 0 Å². The molecule has 1 saturated carbocycles. The quantitative estimate of drug-likeness (QED) is 0.791. The number of nitrogens with zero attached hydrogens (tertiary/aromatic N) is 2. The van der Waals surface area contributed by atoms with Crippen molar-refractivity contribution in [2.24, 2.45) is 5.41 Å². The van der Waals surface area contributed by atoms with Crippen molar-refractivity contribution in [1.29, 1.82) is 0 Å². The van der Waals surface area contributed by atoms with Gasteiger partial charge in [0.1, 0.15) is 5.60 Å². The maximum Gasteiger partial charge on any atom is 0.122 e. The highest BCUT2D eigenvalue weighted by atomic mass is 16.3. The van der Waals surface area contributed by atoms with Crippen molar-refractivity contribution in [2.75, 3.05) is 20.1 Å². The minimum atomic E-state index is -1.01. The van der Waals surface area contributed by atoms with Crippen molar-refractivity contribution < 1.29 is 5.11 Å². The molecular formula is C25H34N2O. The van der Waals surface area contributed by atoms with Crippen LogP contribution >= 0.6 is 0 Å². The molecule has 0 amide bonds. The number of rotatable bonds is 5. The third kappa shape index (κ3) is 3.19. The lowest BCUT2D eigenvalue weighted by Gasteiger charge is -2.56. The number of hydrogen-bond acceptors (Lipinski definition) is 3. The van der Waals surface area contributed by atoms with E-state index in [9.17, 15) is 5.11 Å². The lowest BCUT2D eigenvalue weighted by molar-refractivity contribution is -0.127. The molecule has 1 aromatic heterocycles. The zero-order valence-electron chi connectivity index (χ0n) is 17.8. The second-order valence-electron chi connectivity index (χ2n) is 9.67. The van der Waals surface area contributed by atoms with E-state index in [0.717, 1.165) is 29.9 Å². The molecule has 1 aliphatic heterocycles. The van der Waals surface area contributed by atoms with Crippen molar-refractivity contribution in [2.45, 2.75) is 63.9 Å². The predicted octanol–water partition coefficient (Wildman–Crippen LogP) is 5.05. The second-order valence-corrected chi connectivity index (χ2v) is 9.67. The first-order valence-electron chi connectivity index (χ1n) is 10.8. The van der Waals surface area contributed by atoms with Gasteiger partial charge in [0, 0.05) is 36.3 Å². The van der Waals surface area contributed by atoms with Crippen LogP contribution in [-0.2, 0) is 5.60 Å². The molecule has 0 spiro atoms. The molecule has 28 heavy (non-hydrogen) atoms. The van der Waals surface area contributed by atoms with Crippen molar-refractivity contribution in [3.63, 3.8) is 0 Å². The van der Waals surface area contributed by atoms with Crippen LogP contribution in [0.3, 0.4) is 0 Å². The van der Waals surface area contributed by atoms with Crippen LogP contribution in [0.15, 0.2) is 42.6 Å². The number of aromatic nitrogens is 1. The van der Waals surface area contributed by atoms with Gasteiger partial charge in [0.05, 0.1) is 0 Å². The van der Waals surface area contributed by atoms with Crippen molar-refractivity contribution in [3.8, 4) is 0 Å². The summed E-state index contributed by atoms with van der Waals surface area (Å²) < 4.78 is 0. The Morgan fingerprint density at radius 1 is 1.07 bits per heavy atom. The molecule has 3 nitrogen and oxygen atoms in total. The fourth-order valence-electron chi connectivity index (χ4n) is 5.47. The largest absolute Gasteiger partial charge is 0.380 e. The van der Waals surface area contributed by atoms with E-state index in [2.05, 4.69) is 68.0 Å². The van der Waals surface area contributed by atoms with Gasteiger partial charge in [-0.2, -0.15) is 0 Å². The summed E-state index contributed by atoms with van der Waals surface area (Å²) in [6.07, 6.45) is 6.93. The average molecular weight is 379 g/mol. The topological polar surface area (TPSA) is 36.4 Å². The molecule has 0 bridgehead atoms. The van der Waals surface area contributed by atoms with Gasteiger partial charge in [0.2, 0.25) is 0 Å². The molecule has 2 fully saturated rings. The monoisotopic (exact) mass is 378 g/mol. The lowest BCUT2D eigenvalue weighted by Crippen LogP contribution is -2.63. The Morgan fingerprint density at radius 3 is 2.29 bits per heavy atom. The van der Waals surface area contributed by atoms with Crippen molar-refractivity contribution >= 4 is 0 Å². The molecule has 2 aromatic rings. The number of likely N-dealkylation sites (tertiary alicyclic amines) is 1. The standard InChI is InChI=1S/C25H34N2O/c1-18(2)19-9-11-21(12-10-19)25(28,24(3)16-27(4)17-24)22-13-14-26-23(15-22)20-7-5-6-8-20/h9-15,18,20,28H,5-8,16-17H2,1-4H3/t25-/m0/s1. The molecule has 1 saturated heterocycles. The zero-order valence-corrected chi connectivity index (χ0v) is 17.8. The average Bonchev–Trinajstić information content (AvgIpc) is 3.21. The summed E-state index contributed by atoms with van der Waals surface area (Å²) in [6.45, 7) is 8.41. The van der Waals surface area contributed by atoms with E-state index in [4.69, 9.17) is 0 Å². The van der Waals surface area contributed by atoms with Crippen LogP contribution in [0.4, 0.5) is 0 Å². The Kier molecular flexibility index (Phi) is 5.09. The molecule has 0 radical (unpaired) electrons. The van der Waals surface area contributed by atoms with Gasteiger partial charge >= 0.3 is 0 Å². The van der Waals surface area contributed by atoms with Crippen molar-refractivity contribution in [3.05, 3.63) is 65.0 Å². The number of pyridine rings is 1. The van der Waals surface area contributed by atoms with Gasteiger partial charge < -0.3 is 10.0 Å². The van der Waals surface area contributed by atoms with Gasteiger partial charge in [-0.15, -0.1) is 0 Å². The van der Waals surface area contributed by atoms with Crippen LogP contribution in [0.2, 0.25) is 0 Å². The molecule has 3 heteroatoms. The van der Waals surface area contributed by atoms with Gasteiger partial charge in [-0.05, 0) is 54.6 Å². The second kappa shape index (κ2) is 7.27. The van der Waals surface area contributed by atoms with Crippen molar-refractivity contribution in [1.82, 2.24) is 9.88 Å². The summed E-state index contributed by atoms with van der Waals surface area (Å²) in [4.78, 5) is 6.97. The normalized spacial score (nSPS) is 22.2. The van der Waals surface area contributed by atoms with Gasteiger partial charge in [-0.25, -0.2) is 0 Å². The Bertz CT molecular complexity index is 817. The predicted molar refractivity (Wildman–Crippen MR) is 115 cm³/mol. The number of hydrogen-bond donors (Lipinski definition) is 1. The first-order chi connectivity index (χ1) is 13.3. The van der Waals surface area contributed by atoms with Gasteiger partial charge in [0.25, 0.3) is 0 Å². The van der Waals surface area contributed by atoms with E-state index < -0.39 is 5.60 Å². The van der Waals surface area contributed by atoms with E-state index in [1.54, 1.807) is 0 Å². The molecule has 2 aliphatic rings. The van der Waals surface area contributed by atoms with E-state index in [1.165, 1.54) is 31.2 Å². The highest BCUT2D eigenvalue weighted by Crippen LogP contribution is 2.50. The molecule has 1 aromatic carbocycles. The Morgan fingerprint density at radius 2 is 1.71 bits per heavy atom. The van der Waals surface area contributed by atoms with Crippen LogP contribution in [0.5, 0.6) is 0 Å². The van der Waals surface area contributed by atoms with Crippen LogP contribution in [0.1, 0.15) is 80.7 Å². The molecule has 150 valence electrons. The number of benzene rings is 1. The molecule has 2 heterocycles. The minimum Gasteiger partial charge on any atom is -0.380 e. The third-order valence-corrected chi connectivity index (χ3v) is 7.08. The first kappa shape index (κ1) is 19.6. The Labute approximate surface area is 169 Å². The lowest BCUT2D eigenvalue weighted by atomic mass is 9.62. The van der Waals surface area contributed by atoms with Gasteiger partial charge in [0.15, 0.2) is 0 Å². The highest BCUT2D eigenvalue weighted by molar-refractivity contribution is 5.42. The maximum absolute atomic E-state index is 12.3. The van der Waals surface area contributed by atoms with E-state index in [-0.39, 0.29) is 5.41 Å². The summed E-state index contributed by atoms with van der Waals surface area (Å²) >= 11 is 0. The first-order valence-corrected chi connectivity index (χ1v) is 10.8. The molecule has 1 aliphatic carbocycles.